The summed E-state index contributed by atoms with van der Waals surface area (Å²) in [5.41, 5.74) is 0.272. The lowest BCUT2D eigenvalue weighted by Gasteiger charge is -2.23. The van der Waals surface area contributed by atoms with Gasteiger partial charge in [0.2, 0.25) is 0 Å². The highest BCUT2D eigenvalue weighted by Gasteiger charge is 2.27. The molecule has 0 bridgehead atoms. The molecule has 1 aromatic rings. The Morgan fingerprint density at radius 1 is 1.29 bits per heavy atom. The summed E-state index contributed by atoms with van der Waals surface area (Å²) in [5.74, 6) is -0.379. The molecule has 0 atom stereocenters. The number of hydrogen-bond donors (Lipinski definition) is 0. The zero-order valence-electron chi connectivity index (χ0n) is 7.30. The number of hydrogen-bond acceptors (Lipinski definition) is 2. The average molecular weight is 214 g/mol. The SMILES string of the molecule is O=C(c1ccc(F)c(F)c1)C1CSC1. The smallest absolute Gasteiger partial charge is 0.167 e. The fraction of sp³-hybridized carbons (Fsp3) is 0.300. The van der Waals surface area contributed by atoms with Gasteiger partial charge in [0.15, 0.2) is 17.4 Å². The van der Waals surface area contributed by atoms with Crippen molar-refractivity contribution in [3.8, 4) is 0 Å². The number of benzene rings is 1. The molecule has 0 amide bonds. The van der Waals surface area contributed by atoms with E-state index >= 15 is 0 Å². The van der Waals surface area contributed by atoms with Crippen LogP contribution in [0.3, 0.4) is 0 Å². The van der Waals surface area contributed by atoms with Crippen molar-refractivity contribution in [2.75, 3.05) is 11.5 Å². The van der Waals surface area contributed by atoms with Gasteiger partial charge in [0.1, 0.15) is 0 Å². The Labute approximate surface area is 84.5 Å². The van der Waals surface area contributed by atoms with Gasteiger partial charge in [-0.2, -0.15) is 11.8 Å². The normalized spacial score (nSPS) is 16.4. The Morgan fingerprint density at radius 2 is 2.00 bits per heavy atom. The molecule has 1 aliphatic rings. The van der Waals surface area contributed by atoms with Gasteiger partial charge < -0.3 is 0 Å². The zero-order chi connectivity index (χ0) is 10.1. The van der Waals surface area contributed by atoms with E-state index in [1.54, 1.807) is 11.8 Å². The molecule has 1 nitrogen and oxygen atoms in total. The minimum atomic E-state index is -0.956. The van der Waals surface area contributed by atoms with Crippen molar-refractivity contribution in [1.29, 1.82) is 0 Å². The Balaban J connectivity index is 2.23. The topological polar surface area (TPSA) is 17.1 Å². The number of rotatable bonds is 2. The lowest BCUT2D eigenvalue weighted by Crippen LogP contribution is -2.27. The number of Topliss-reactive ketones (excluding diaryl/α,β-unsaturated/α-hetero) is 1. The van der Waals surface area contributed by atoms with E-state index in [0.29, 0.717) is 0 Å². The third-order valence-electron chi connectivity index (χ3n) is 2.21. The minimum absolute atomic E-state index is 0.00939. The van der Waals surface area contributed by atoms with Crippen molar-refractivity contribution in [1.82, 2.24) is 0 Å². The van der Waals surface area contributed by atoms with Gasteiger partial charge in [-0.05, 0) is 18.2 Å². The maximum absolute atomic E-state index is 12.8. The van der Waals surface area contributed by atoms with Crippen molar-refractivity contribution in [2.45, 2.75) is 0 Å². The van der Waals surface area contributed by atoms with Gasteiger partial charge in [0.25, 0.3) is 0 Å². The lowest BCUT2D eigenvalue weighted by molar-refractivity contribution is 0.0938. The summed E-state index contributed by atoms with van der Waals surface area (Å²) in [7, 11) is 0. The van der Waals surface area contributed by atoms with E-state index in [1.165, 1.54) is 6.07 Å². The van der Waals surface area contributed by atoms with Crippen LogP contribution in [0.1, 0.15) is 10.4 Å². The highest BCUT2D eigenvalue weighted by molar-refractivity contribution is 8.00. The lowest BCUT2D eigenvalue weighted by atomic mass is 10.00. The largest absolute Gasteiger partial charge is 0.294 e. The molecule has 74 valence electrons. The van der Waals surface area contributed by atoms with Gasteiger partial charge in [-0.15, -0.1) is 0 Å². The Kier molecular flexibility index (Phi) is 2.54. The van der Waals surface area contributed by atoms with Gasteiger partial charge in [0.05, 0.1) is 0 Å². The highest BCUT2D eigenvalue weighted by atomic mass is 32.2. The second-order valence-corrected chi connectivity index (χ2v) is 4.30. The van der Waals surface area contributed by atoms with E-state index in [2.05, 4.69) is 0 Å². The summed E-state index contributed by atoms with van der Waals surface area (Å²) in [6.45, 7) is 0. The maximum atomic E-state index is 12.8. The van der Waals surface area contributed by atoms with E-state index < -0.39 is 11.6 Å². The molecule has 1 heterocycles. The van der Waals surface area contributed by atoms with Gasteiger partial charge in [-0.25, -0.2) is 8.78 Å². The van der Waals surface area contributed by atoms with Gasteiger partial charge in [-0.1, -0.05) is 0 Å². The van der Waals surface area contributed by atoms with E-state index in [9.17, 15) is 13.6 Å². The van der Waals surface area contributed by atoms with Gasteiger partial charge in [-0.3, -0.25) is 4.79 Å². The zero-order valence-corrected chi connectivity index (χ0v) is 8.11. The predicted octanol–water partition coefficient (Wildman–Crippen LogP) is 2.51. The first-order valence-electron chi connectivity index (χ1n) is 4.25. The number of carbonyl (C=O) groups excluding carboxylic acids is 1. The van der Waals surface area contributed by atoms with Crippen molar-refractivity contribution in [3.05, 3.63) is 35.4 Å². The molecular weight excluding hydrogens is 206 g/mol. The van der Waals surface area contributed by atoms with Crippen LogP contribution in [0.15, 0.2) is 18.2 Å². The summed E-state index contributed by atoms with van der Waals surface area (Å²) >= 11 is 1.69. The van der Waals surface area contributed by atoms with Crippen LogP contribution < -0.4 is 0 Å². The van der Waals surface area contributed by atoms with Crippen LogP contribution >= 0.6 is 11.8 Å². The summed E-state index contributed by atoms with van der Waals surface area (Å²) in [6.07, 6.45) is 0. The standard InChI is InChI=1S/C10H8F2OS/c11-8-2-1-6(3-9(8)12)10(13)7-4-14-5-7/h1-3,7H,4-5H2. The third kappa shape index (κ3) is 1.66. The number of carbonyl (C=O) groups is 1. The summed E-state index contributed by atoms with van der Waals surface area (Å²) in [5, 5.41) is 0. The molecule has 0 aliphatic carbocycles. The van der Waals surface area contributed by atoms with E-state index in [1.807, 2.05) is 0 Å². The summed E-state index contributed by atoms with van der Waals surface area (Å²) in [6, 6.07) is 3.30. The molecule has 14 heavy (non-hydrogen) atoms. The fourth-order valence-corrected chi connectivity index (χ4v) is 2.05. The monoisotopic (exact) mass is 214 g/mol. The van der Waals surface area contributed by atoms with Crippen LogP contribution in [-0.2, 0) is 0 Å². The molecule has 0 aromatic heterocycles. The van der Waals surface area contributed by atoms with Crippen LogP contribution in [0.4, 0.5) is 8.78 Å². The van der Waals surface area contributed by atoms with Gasteiger partial charge >= 0.3 is 0 Å². The summed E-state index contributed by atoms with van der Waals surface area (Å²) in [4.78, 5) is 11.6. The van der Waals surface area contributed by atoms with E-state index in [4.69, 9.17) is 0 Å². The average Bonchev–Trinajstić information content (AvgIpc) is 2.06. The predicted molar refractivity (Wildman–Crippen MR) is 51.5 cm³/mol. The first-order valence-corrected chi connectivity index (χ1v) is 5.41. The molecule has 1 fully saturated rings. The summed E-state index contributed by atoms with van der Waals surface area (Å²) < 4.78 is 25.4. The Morgan fingerprint density at radius 3 is 2.50 bits per heavy atom. The fourth-order valence-electron chi connectivity index (χ4n) is 1.27. The molecule has 0 N–H and O–H groups in total. The minimum Gasteiger partial charge on any atom is -0.294 e. The van der Waals surface area contributed by atoms with Crippen LogP contribution in [0.5, 0.6) is 0 Å². The Hall–Kier alpha value is -0.900. The van der Waals surface area contributed by atoms with Gasteiger partial charge in [0, 0.05) is 23.0 Å². The molecule has 0 unspecified atom stereocenters. The number of ketones is 1. The van der Waals surface area contributed by atoms with E-state index in [0.717, 1.165) is 23.6 Å². The Bertz CT molecular complexity index is 374. The maximum Gasteiger partial charge on any atom is 0.167 e. The number of thioether (sulfide) groups is 1. The second-order valence-electron chi connectivity index (χ2n) is 3.23. The van der Waals surface area contributed by atoms with Crippen LogP contribution in [0.2, 0.25) is 0 Å². The molecule has 1 aromatic carbocycles. The molecule has 0 radical (unpaired) electrons. The van der Waals surface area contributed by atoms with Crippen molar-refractivity contribution in [2.24, 2.45) is 5.92 Å². The van der Waals surface area contributed by atoms with Crippen LogP contribution in [-0.4, -0.2) is 17.3 Å². The molecule has 2 rings (SSSR count). The molecule has 0 saturated carbocycles. The quantitative estimate of drug-likeness (QED) is 0.704. The first-order chi connectivity index (χ1) is 6.68. The first kappa shape index (κ1) is 9.65. The van der Waals surface area contributed by atoms with Crippen LogP contribution in [0.25, 0.3) is 0 Å². The van der Waals surface area contributed by atoms with Crippen LogP contribution in [0, 0.1) is 17.6 Å². The van der Waals surface area contributed by atoms with E-state index in [-0.39, 0.29) is 17.3 Å². The van der Waals surface area contributed by atoms with Crippen molar-refractivity contribution >= 4 is 17.5 Å². The molecule has 0 spiro atoms. The molecule has 4 heteroatoms. The second kappa shape index (κ2) is 3.69. The molecule has 1 saturated heterocycles. The highest BCUT2D eigenvalue weighted by Crippen LogP contribution is 2.28. The number of halogens is 2. The van der Waals surface area contributed by atoms with Crippen molar-refractivity contribution in [3.63, 3.8) is 0 Å². The molecule has 1 aliphatic heterocycles. The van der Waals surface area contributed by atoms with Crippen molar-refractivity contribution < 1.29 is 13.6 Å². The molecular formula is C10H8F2OS. The third-order valence-corrected chi connectivity index (χ3v) is 3.49.